The largest absolute Gasteiger partial charge is 0.435 e. The molecule has 1 saturated heterocycles. The highest BCUT2D eigenvalue weighted by Gasteiger charge is 2.21. The van der Waals surface area contributed by atoms with E-state index in [1.165, 1.54) is 36.0 Å². The van der Waals surface area contributed by atoms with Crippen molar-refractivity contribution in [2.24, 2.45) is 0 Å². The van der Waals surface area contributed by atoms with Crippen LogP contribution in [0.2, 0.25) is 0 Å². The second-order valence-electron chi connectivity index (χ2n) is 4.30. The summed E-state index contributed by atoms with van der Waals surface area (Å²) < 4.78 is 28.2. The Morgan fingerprint density at radius 2 is 2.10 bits per heavy atom. The Morgan fingerprint density at radius 3 is 2.67 bits per heavy atom. The van der Waals surface area contributed by atoms with Gasteiger partial charge in [-0.2, -0.15) is 8.78 Å². The Bertz CT molecular complexity index is 511. The lowest BCUT2D eigenvalue weighted by atomic mass is 10.3. The first-order chi connectivity index (χ1) is 10.0. The van der Waals surface area contributed by atoms with Crippen LogP contribution in [-0.2, 0) is 4.79 Å². The van der Waals surface area contributed by atoms with Crippen molar-refractivity contribution < 1.29 is 23.1 Å². The van der Waals surface area contributed by atoms with Gasteiger partial charge in [0.2, 0.25) is 5.91 Å². The number of carbonyl (C=O) groups is 2. The van der Waals surface area contributed by atoms with Crippen LogP contribution in [0.25, 0.3) is 0 Å². The van der Waals surface area contributed by atoms with Crippen molar-refractivity contribution in [2.45, 2.75) is 13.0 Å². The third kappa shape index (κ3) is 4.89. The molecule has 8 heteroatoms. The van der Waals surface area contributed by atoms with Crippen molar-refractivity contribution in [1.82, 2.24) is 4.90 Å². The van der Waals surface area contributed by atoms with Gasteiger partial charge in [-0.05, 0) is 24.3 Å². The minimum atomic E-state index is -2.87. The van der Waals surface area contributed by atoms with Crippen molar-refractivity contribution in [3.8, 4) is 5.75 Å². The number of nitrogens with zero attached hydrogens (tertiary/aromatic N) is 1. The van der Waals surface area contributed by atoms with Crippen molar-refractivity contribution >= 4 is 28.6 Å². The maximum Gasteiger partial charge on any atom is 0.387 e. The van der Waals surface area contributed by atoms with Crippen LogP contribution in [0.4, 0.5) is 19.3 Å². The van der Waals surface area contributed by atoms with E-state index >= 15 is 0 Å². The van der Waals surface area contributed by atoms with Gasteiger partial charge in [-0.3, -0.25) is 9.59 Å². The molecule has 21 heavy (non-hydrogen) atoms. The Kier molecular flexibility index (Phi) is 5.38. The van der Waals surface area contributed by atoms with Crippen LogP contribution in [0.15, 0.2) is 24.3 Å². The third-order valence-electron chi connectivity index (χ3n) is 2.82. The van der Waals surface area contributed by atoms with Crippen LogP contribution in [-0.4, -0.2) is 41.5 Å². The van der Waals surface area contributed by atoms with Gasteiger partial charge >= 0.3 is 6.61 Å². The standard InChI is InChI=1S/C13H14F2N2O3S/c14-12(15)20-10-3-1-9(2-4-10)16-11(18)5-6-17-7-8-21-13(17)19/h1-4,12H,5-8H2,(H,16,18). The van der Waals surface area contributed by atoms with E-state index in [0.717, 1.165) is 5.75 Å². The molecular formula is C13H14F2N2O3S. The number of nitrogens with one attached hydrogen (secondary N) is 1. The van der Waals surface area contributed by atoms with E-state index in [1.54, 1.807) is 4.90 Å². The molecule has 1 aromatic carbocycles. The van der Waals surface area contributed by atoms with Crippen LogP contribution in [0, 0.1) is 0 Å². The van der Waals surface area contributed by atoms with E-state index in [9.17, 15) is 18.4 Å². The molecule has 1 aliphatic heterocycles. The summed E-state index contributed by atoms with van der Waals surface area (Å²) in [4.78, 5) is 24.7. The molecule has 0 aliphatic carbocycles. The molecule has 0 bridgehead atoms. The number of anilines is 1. The zero-order chi connectivity index (χ0) is 15.2. The summed E-state index contributed by atoms with van der Waals surface area (Å²) >= 11 is 1.25. The highest BCUT2D eigenvalue weighted by atomic mass is 32.2. The van der Waals surface area contributed by atoms with E-state index in [1.807, 2.05) is 0 Å². The zero-order valence-corrected chi connectivity index (χ0v) is 11.9. The molecule has 1 aliphatic rings. The lowest BCUT2D eigenvalue weighted by molar-refractivity contribution is -0.116. The van der Waals surface area contributed by atoms with E-state index in [4.69, 9.17) is 0 Å². The van der Waals surface area contributed by atoms with Gasteiger partial charge in [-0.15, -0.1) is 0 Å². The topological polar surface area (TPSA) is 58.6 Å². The summed E-state index contributed by atoms with van der Waals surface area (Å²) in [5, 5.41) is 2.63. The average molecular weight is 316 g/mol. The minimum absolute atomic E-state index is 0.00343. The Hall–Kier alpha value is -1.83. The minimum Gasteiger partial charge on any atom is -0.435 e. The second-order valence-corrected chi connectivity index (χ2v) is 5.35. The lowest BCUT2D eigenvalue weighted by Crippen LogP contribution is -2.27. The SMILES string of the molecule is O=C(CCN1CCSC1=O)Nc1ccc(OC(F)F)cc1. The summed E-state index contributed by atoms with van der Waals surface area (Å²) in [6.07, 6.45) is 0.196. The van der Waals surface area contributed by atoms with Gasteiger partial charge in [0.25, 0.3) is 5.24 Å². The number of amides is 2. The predicted molar refractivity (Wildman–Crippen MR) is 75.7 cm³/mol. The van der Waals surface area contributed by atoms with Gasteiger partial charge in [0.05, 0.1) is 0 Å². The van der Waals surface area contributed by atoms with E-state index < -0.39 is 6.61 Å². The van der Waals surface area contributed by atoms with Gasteiger partial charge in [0.15, 0.2) is 0 Å². The number of halogens is 2. The second kappa shape index (κ2) is 7.26. The molecule has 114 valence electrons. The van der Waals surface area contributed by atoms with Crippen molar-refractivity contribution in [3.63, 3.8) is 0 Å². The molecule has 1 heterocycles. The first-order valence-corrected chi connectivity index (χ1v) is 7.29. The molecule has 0 radical (unpaired) electrons. The van der Waals surface area contributed by atoms with Crippen LogP contribution >= 0.6 is 11.8 Å². The molecule has 0 saturated carbocycles. The maximum atomic E-state index is 12.0. The number of hydrogen-bond acceptors (Lipinski definition) is 4. The van der Waals surface area contributed by atoms with Gasteiger partial charge in [-0.1, -0.05) is 11.8 Å². The Morgan fingerprint density at radius 1 is 1.38 bits per heavy atom. The molecule has 0 aromatic heterocycles. The van der Waals surface area contributed by atoms with Gasteiger partial charge in [0.1, 0.15) is 5.75 Å². The molecule has 2 amide bonds. The number of thioether (sulfide) groups is 1. The monoisotopic (exact) mass is 316 g/mol. The van der Waals surface area contributed by atoms with E-state index in [-0.39, 0.29) is 23.3 Å². The summed E-state index contributed by atoms with van der Waals surface area (Å²) in [6.45, 7) is -1.83. The first kappa shape index (κ1) is 15.6. The first-order valence-electron chi connectivity index (χ1n) is 6.31. The van der Waals surface area contributed by atoms with Crippen molar-refractivity contribution in [1.29, 1.82) is 0 Å². The molecule has 0 atom stereocenters. The highest BCUT2D eigenvalue weighted by molar-refractivity contribution is 8.13. The van der Waals surface area contributed by atoms with E-state index in [0.29, 0.717) is 18.8 Å². The summed E-state index contributed by atoms with van der Waals surface area (Å²) in [6, 6.07) is 5.66. The third-order valence-corrected chi connectivity index (χ3v) is 3.71. The molecule has 2 rings (SSSR count). The predicted octanol–water partition coefficient (Wildman–Crippen LogP) is 2.79. The van der Waals surface area contributed by atoms with Crippen LogP contribution in [0.1, 0.15) is 6.42 Å². The molecule has 0 unspecified atom stereocenters. The number of carbonyl (C=O) groups excluding carboxylic acids is 2. The average Bonchev–Trinajstić information content (AvgIpc) is 2.84. The fraction of sp³-hybridized carbons (Fsp3) is 0.385. The van der Waals surface area contributed by atoms with E-state index in [2.05, 4.69) is 10.1 Å². The normalized spacial score (nSPS) is 14.6. The molecule has 5 nitrogen and oxygen atoms in total. The zero-order valence-electron chi connectivity index (χ0n) is 11.1. The van der Waals surface area contributed by atoms with Gasteiger partial charge < -0.3 is 15.0 Å². The Labute approximate surface area is 124 Å². The maximum absolute atomic E-state index is 12.0. The van der Waals surface area contributed by atoms with Crippen LogP contribution < -0.4 is 10.1 Å². The number of hydrogen-bond donors (Lipinski definition) is 1. The fourth-order valence-electron chi connectivity index (χ4n) is 1.81. The van der Waals surface area contributed by atoms with Crippen molar-refractivity contribution in [2.75, 3.05) is 24.2 Å². The summed E-state index contributed by atoms with van der Waals surface area (Å²) in [7, 11) is 0. The fourth-order valence-corrected chi connectivity index (χ4v) is 2.66. The molecule has 1 fully saturated rings. The molecule has 1 N–H and O–H groups in total. The number of alkyl halides is 2. The Balaban J connectivity index is 1.78. The molecule has 1 aromatic rings. The molecule has 0 spiro atoms. The smallest absolute Gasteiger partial charge is 0.387 e. The highest BCUT2D eigenvalue weighted by Crippen LogP contribution is 2.19. The molecular weight excluding hydrogens is 302 g/mol. The summed E-state index contributed by atoms with van der Waals surface area (Å²) in [5.74, 6) is 0.552. The number of benzene rings is 1. The number of rotatable bonds is 6. The quantitative estimate of drug-likeness (QED) is 0.877. The van der Waals surface area contributed by atoms with Crippen LogP contribution in [0.5, 0.6) is 5.75 Å². The van der Waals surface area contributed by atoms with Gasteiger partial charge in [0, 0.05) is 31.0 Å². The van der Waals surface area contributed by atoms with Crippen molar-refractivity contribution in [3.05, 3.63) is 24.3 Å². The lowest BCUT2D eigenvalue weighted by Gasteiger charge is -2.14. The number of ether oxygens (including phenoxy) is 1. The summed E-state index contributed by atoms with van der Waals surface area (Å²) in [5.41, 5.74) is 0.490. The van der Waals surface area contributed by atoms with Crippen LogP contribution in [0.3, 0.4) is 0 Å². The van der Waals surface area contributed by atoms with Gasteiger partial charge in [-0.25, -0.2) is 0 Å².